The summed E-state index contributed by atoms with van der Waals surface area (Å²) < 4.78 is 14.3. The maximum Gasteiger partial charge on any atom is 0.191 e. The summed E-state index contributed by atoms with van der Waals surface area (Å²) in [5.74, 6) is 1.10. The van der Waals surface area contributed by atoms with Crippen molar-refractivity contribution in [1.29, 1.82) is 0 Å². The number of aliphatic imine (C=N–C) groups is 1. The standard InChI is InChI=1S/C13H15BrFN3/c14-11-4-3-9(15)5-10(11)12-6-17-13(16)18(12)7-8-1-2-8/h3-5,8,12H,1-2,6-7H2,(H2,16,17). The van der Waals surface area contributed by atoms with E-state index in [1.807, 2.05) is 0 Å². The van der Waals surface area contributed by atoms with E-state index in [1.165, 1.54) is 18.9 Å². The quantitative estimate of drug-likeness (QED) is 0.932. The van der Waals surface area contributed by atoms with Gasteiger partial charge in [-0.1, -0.05) is 15.9 Å². The summed E-state index contributed by atoms with van der Waals surface area (Å²) in [5, 5.41) is 0. The molecule has 1 aliphatic heterocycles. The second-order valence-electron chi connectivity index (χ2n) is 4.98. The van der Waals surface area contributed by atoms with E-state index in [2.05, 4.69) is 25.8 Å². The zero-order valence-electron chi connectivity index (χ0n) is 9.94. The number of benzene rings is 1. The molecule has 0 radical (unpaired) electrons. The molecule has 0 spiro atoms. The van der Waals surface area contributed by atoms with Crippen LogP contribution in [0.15, 0.2) is 27.7 Å². The maximum absolute atomic E-state index is 13.4. The summed E-state index contributed by atoms with van der Waals surface area (Å²) in [7, 11) is 0. The predicted molar refractivity (Wildman–Crippen MR) is 72.8 cm³/mol. The molecule has 1 heterocycles. The smallest absolute Gasteiger partial charge is 0.191 e. The molecule has 2 aliphatic rings. The lowest BCUT2D eigenvalue weighted by molar-refractivity contribution is 0.332. The molecule has 0 aromatic heterocycles. The van der Waals surface area contributed by atoms with Crippen LogP contribution in [0.5, 0.6) is 0 Å². The van der Waals surface area contributed by atoms with E-state index in [0.717, 1.165) is 22.5 Å². The fourth-order valence-corrected chi connectivity index (χ4v) is 2.88. The molecule has 3 nitrogen and oxygen atoms in total. The molecule has 0 amide bonds. The highest BCUT2D eigenvalue weighted by atomic mass is 79.9. The van der Waals surface area contributed by atoms with Crippen LogP contribution < -0.4 is 5.73 Å². The molecular formula is C13H15BrFN3. The van der Waals surface area contributed by atoms with Gasteiger partial charge in [-0.05, 0) is 42.5 Å². The van der Waals surface area contributed by atoms with Gasteiger partial charge in [0.25, 0.3) is 0 Å². The van der Waals surface area contributed by atoms with Gasteiger partial charge in [-0.15, -0.1) is 0 Å². The van der Waals surface area contributed by atoms with E-state index in [9.17, 15) is 4.39 Å². The molecule has 3 rings (SSSR count). The number of nitrogens with two attached hydrogens (primary N) is 1. The third kappa shape index (κ3) is 2.23. The Morgan fingerprint density at radius 1 is 1.44 bits per heavy atom. The van der Waals surface area contributed by atoms with Crippen molar-refractivity contribution in [2.24, 2.45) is 16.6 Å². The first-order valence-electron chi connectivity index (χ1n) is 6.16. The summed E-state index contributed by atoms with van der Waals surface area (Å²) in [6, 6.07) is 4.84. The Bertz CT molecular complexity index is 499. The molecule has 5 heteroatoms. The van der Waals surface area contributed by atoms with Crippen molar-refractivity contribution in [3.8, 4) is 0 Å². The molecule has 1 aromatic carbocycles. The van der Waals surface area contributed by atoms with Crippen LogP contribution in [0.3, 0.4) is 0 Å². The normalized spacial score (nSPS) is 23.3. The third-order valence-corrected chi connectivity index (χ3v) is 4.29. The molecular weight excluding hydrogens is 297 g/mol. The lowest BCUT2D eigenvalue weighted by Gasteiger charge is -2.27. The molecule has 1 fully saturated rings. The van der Waals surface area contributed by atoms with E-state index in [0.29, 0.717) is 12.5 Å². The Balaban J connectivity index is 1.88. The topological polar surface area (TPSA) is 41.6 Å². The van der Waals surface area contributed by atoms with Crippen molar-refractivity contribution in [2.45, 2.75) is 18.9 Å². The highest BCUT2D eigenvalue weighted by Gasteiger charge is 2.33. The van der Waals surface area contributed by atoms with E-state index in [1.54, 1.807) is 12.1 Å². The van der Waals surface area contributed by atoms with Crippen molar-refractivity contribution in [1.82, 2.24) is 4.90 Å². The lowest BCUT2D eigenvalue weighted by atomic mass is 10.1. The van der Waals surface area contributed by atoms with Gasteiger partial charge >= 0.3 is 0 Å². The SMILES string of the molecule is NC1=NCC(c2cc(F)ccc2Br)N1CC1CC1. The number of halogens is 2. The van der Waals surface area contributed by atoms with Crippen molar-refractivity contribution >= 4 is 21.9 Å². The minimum Gasteiger partial charge on any atom is -0.370 e. The first-order valence-corrected chi connectivity index (χ1v) is 6.96. The minimum atomic E-state index is -0.218. The van der Waals surface area contributed by atoms with Crippen molar-refractivity contribution < 1.29 is 4.39 Å². The summed E-state index contributed by atoms with van der Waals surface area (Å²) in [4.78, 5) is 6.41. The second kappa shape index (κ2) is 4.53. The van der Waals surface area contributed by atoms with Gasteiger partial charge in [-0.2, -0.15) is 0 Å². The monoisotopic (exact) mass is 311 g/mol. The van der Waals surface area contributed by atoms with Gasteiger partial charge in [0.2, 0.25) is 0 Å². The summed E-state index contributed by atoms with van der Waals surface area (Å²) in [5.41, 5.74) is 6.87. The fourth-order valence-electron chi connectivity index (χ4n) is 2.36. The van der Waals surface area contributed by atoms with Crippen LogP contribution >= 0.6 is 15.9 Å². The van der Waals surface area contributed by atoms with Crippen molar-refractivity contribution in [3.05, 3.63) is 34.1 Å². The van der Waals surface area contributed by atoms with Crippen LogP contribution in [0.2, 0.25) is 0 Å². The van der Waals surface area contributed by atoms with Gasteiger partial charge in [-0.3, -0.25) is 4.99 Å². The molecule has 0 bridgehead atoms. The van der Waals surface area contributed by atoms with Crippen LogP contribution in [-0.4, -0.2) is 23.9 Å². The van der Waals surface area contributed by atoms with Crippen molar-refractivity contribution in [3.63, 3.8) is 0 Å². The van der Waals surface area contributed by atoms with Gasteiger partial charge in [0.05, 0.1) is 12.6 Å². The van der Waals surface area contributed by atoms with E-state index in [-0.39, 0.29) is 11.9 Å². The minimum absolute atomic E-state index is 0.0654. The number of nitrogens with zero attached hydrogens (tertiary/aromatic N) is 2. The molecule has 0 saturated heterocycles. The number of hydrogen-bond donors (Lipinski definition) is 1. The average Bonchev–Trinajstić information content (AvgIpc) is 3.09. The highest BCUT2D eigenvalue weighted by Crippen LogP contribution is 2.36. The van der Waals surface area contributed by atoms with Gasteiger partial charge < -0.3 is 10.6 Å². The molecule has 1 unspecified atom stereocenters. The van der Waals surface area contributed by atoms with Crippen LogP contribution in [0.4, 0.5) is 4.39 Å². The number of guanidine groups is 1. The average molecular weight is 312 g/mol. The fraction of sp³-hybridized carbons (Fsp3) is 0.462. The molecule has 96 valence electrons. The molecule has 2 N–H and O–H groups in total. The van der Waals surface area contributed by atoms with Gasteiger partial charge in [0, 0.05) is 11.0 Å². The maximum atomic E-state index is 13.4. The van der Waals surface area contributed by atoms with E-state index in [4.69, 9.17) is 5.73 Å². The van der Waals surface area contributed by atoms with Crippen LogP contribution in [0.25, 0.3) is 0 Å². The summed E-state index contributed by atoms with van der Waals surface area (Å²) >= 11 is 3.48. The van der Waals surface area contributed by atoms with Crippen LogP contribution in [0.1, 0.15) is 24.4 Å². The largest absolute Gasteiger partial charge is 0.370 e. The zero-order chi connectivity index (χ0) is 12.7. The number of rotatable bonds is 3. The Hall–Kier alpha value is -1.10. The Morgan fingerprint density at radius 3 is 2.94 bits per heavy atom. The second-order valence-corrected chi connectivity index (χ2v) is 5.83. The van der Waals surface area contributed by atoms with Gasteiger partial charge in [-0.25, -0.2) is 4.39 Å². The third-order valence-electron chi connectivity index (χ3n) is 3.57. The molecule has 1 aromatic rings. The molecule has 18 heavy (non-hydrogen) atoms. The Kier molecular flexibility index (Phi) is 3.01. The van der Waals surface area contributed by atoms with Crippen molar-refractivity contribution in [2.75, 3.05) is 13.1 Å². The molecule has 1 aliphatic carbocycles. The Morgan fingerprint density at radius 2 is 2.22 bits per heavy atom. The van der Waals surface area contributed by atoms with Gasteiger partial charge in [0.15, 0.2) is 5.96 Å². The van der Waals surface area contributed by atoms with E-state index < -0.39 is 0 Å². The number of hydrogen-bond acceptors (Lipinski definition) is 3. The molecule has 1 saturated carbocycles. The lowest BCUT2D eigenvalue weighted by Crippen LogP contribution is -2.37. The first kappa shape index (κ1) is 12.0. The highest BCUT2D eigenvalue weighted by molar-refractivity contribution is 9.10. The summed E-state index contributed by atoms with van der Waals surface area (Å²) in [6.45, 7) is 1.55. The first-order chi connectivity index (χ1) is 8.65. The zero-order valence-corrected chi connectivity index (χ0v) is 11.5. The Labute approximate surface area is 114 Å². The predicted octanol–water partition coefficient (Wildman–Crippen LogP) is 2.67. The van der Waals surface area contributed by atoms with Crippen LogP contribution in [-0.2, 0) is 0 Å². The van der Waals surface area contributed by atoms with E-state index >= 15 is 0 Å². The van der Waals surface area contributed by atoms with Crippen LogP contribution in [0, 0.1) is 11.7 Å². The molecule has 1 atom stereocenters. The summed E-state index contributed by atoms with van der Waals surface area (Å²) in [6.07, 6.45) is 2.53. The van der Waals surface area contributed by atoms with Gasteiger partial charge in [0.1, 0.15) is 5.82 Å².